The standard InChI is InChI=1S/C19H17ClF2N4O3/c1-9-15(6-4-12(8-23)16(9)20)24-17(10(2)27)19(29)26-25-18(28)11-3-5-13(21)14(22)7-11/h3-7,10,17,24,27H,1-2H3,(H,25,28)(H,26,29)/t10-,17-/m1/s1. The molecule has 7 nitrogen and oxygen atoms in total. The summed E-state index contributed by atoms with van der Waals surface area (Å²) in [6.45, 7) is 2.99. The molecule has 0 spiro atoms. The van der Waals surface area contributed by atoms with Crippen LogP contribution in [-0.2, 0) is 4.79 Å². The van der Waals surface area contributed by atoms with Crippen LogP contribution in [0.4, 0.5) is 14.5 Å². The van der Waals surface area contributed by atoms with Gasteiger partial charge in [0.25, 0.3) is 11.8 Å². The average molecular weight is 423 g/mol. The van der Waals surface area contributed by atoms with Gasteiger partial charge in [-0.15, -0.1) is 0 Å². The zero-order chi connectivity index (χ0) is 21.7. The minimum absolute atomic E-state index is 0.203. The Morgan fingerprint density at radius 1 is 1.17 bits per heavy atom. The number of aliphatic hydroxyl groups excluding tert-OH is 1. The minimum atomic E-state index is -1.21. The predicted octanol–water partition coefficient (Wildman–Crippen LogP) is 2.42. The third-order valence-electron chi connectivity index (χ3n) is 4.06. The van der Waals surface area contributed by atoms with Gasteiger partial charge in [-0.1, -0.05) is 11.6 Å². The molecule has 0 aliphatic carbocycles. The summed E-state index contributed by atoms with van der Waals surface area (Å²) in [5, 5.41) is 21.9. The highest BCUT2D eigenvalue weighted by Crippen LogP contribution is 2.27. The van der Waals surface area contributed by atoms with Crippen LogP contribution in [0.3, 0.4) is 0 Å². The van der Waals surface area contributed by atoms with Gasteiger partial charge >= 0.3 is 0 Å². The monoisotopic (exact) mass is 422 g/mol. The molecule has 0 bridgehead atoms. The number of aliphatic hydroxyl groups is 1. The first-order chi connectivity index (χ1) is 13.6. The van der Waals surface area contributed by atoms with Crippen LogP contribution in [0.1, 0.15) is 28.4 Å². The van der Waals surface area contributed by atoms with Gasteiger partial charge in [-0.05, 0) is 49.7 Å². The van der Waals surface area contributed by atoms with Crippen molar-refractivity contribution < 1.29 is 23.5 Å². The van der Waals surface area contributed by atoms with E-state index in [2.05, 4.69) is 16.2 Å². The molecule has 152 valence electrons. The van der Waals surface area contributed by atoms with Crippen LogP contribution < -0.4 is 16.2 Å². The van der Waals surface area contributed by atoms with Crippen molar-refractivity contribution in [1.82, 2.24) is 10.9 Å². The Morgan fingerprint density at radius 3 is 2.45 bits per heavy atom. The summed E-state index contributed by atoms with van der Waals surface area (Å²) < 4.78 is 26.2. The fourth-order valence-corrected chi connectivity index (χ4v) is 2.61. The van der Waals surface area contributed by atoms with E-state index >= 15 is 0 Å². The normalized spacial score (nSPS) is 12.4. The highest BCUT2D eigenvalue weighted by atomic mass is 35.5. The van der Waals surface area contributed by atoms with E-state index in [4.69, 9.17) is 16.9 Å². The third-order valence-corrected chi connectivity index (χ3v) is 4.55. The van der Waals surface area contributed by atoms with Gasteiger partial charge in [-0.2, -0.15) is 5.26 Å². The number of carbonyl (C=O) groups excluding carboxylic acids is 2. The van der Waals surface area contributed by atoms with Crippen molar-refractivity contribution in [2.45, 2.75) is 26.0 Å². The van der Waals surface area contributed by atoms with Crippen molar-refractivity contribution in [2.24, 2.45) is 0 Å². The number of hydrogen-bond acceptors (Lipinski definition) is 5. The van der Waals surface area contributed by atoms with Crippen molar-refractivity contribution in [3.8, 4) is 6.07 Å². The van der Waals surface area contributed by atoms with Crippen LogP contribution in [0, 0.1) is 29.9 Å². The third kappa shape index (κ3) is 5.19. The number of nitrogens with one attached hydrogen (secondary N) is 3. The Labute approximate surface area is 170 Å². The smallest absolute Gasteiger partial charge is 0.269 e. The second kappa shape index (κ2) is 9.32. The molecule has 0 radical (unpaired) electrons. The number of benzene rings is 2. The zero-order valence-corrected chi connectivity index (χ0v) is 16.1. The molecule has 29 heavy (non-hydrogen) atoms. The van der Waals surface area contributed by atoms with Crippen molar-refractivity contribution in [2.75, 3.05) is 5.32 Å². The van der Waals surface area contributed by atoms with Crippen molar-refractivity contribution in [3.05, 3.63) is 63.7 Å². The molecular formula is C19H17ClF2N4O3. The maximum atomic E-state index is 13.2. The lowest BCUT2D eigenvalue weighted by atomic mass is 10.1. The molecule has 0 unspecified atom stereocenters. The Balaban J connectivity index is 2.10. The molecule has 2 rings (SSSR count). The molecule has 2 aromatic rings. The van der Waals surface area contributed by atoms with Gasteiger partial charge in [0.2, 0.25) is 0 Å². The van der Waals surface area contributed by atoms with Crippen LogP contribution in [0.5, 0.6) is 0 Å². The number of nitrogens with zero attached hydrogens (tertiary/aromatic N) is 1. The summed E-state index contributed by atoms with van der Waals surface area (Å²) in [5.41, 5.74) is 5.12. The lowest BCUT2D eigenvalue weighted by Crippen LogP contribution is -2.52. The quantitative estimate of drug-likeness (QED) is 0.552. The average Bonchev–Trinajstić information content (AvgIpc) is 2.68. The largest absolute Gasteiger partial charge is 0.391 e. The molecule has 2 atom stereocenters. The molecular weight excluding hydrogens is 406 g/mol. The first-order valence-electron chi connectivity index (χ1n) is 8.34. The van der Waals surface area contributed by atoms with Gasteiger partial charge in [-0.25, -0.2) is 8.78 Å². The fourth-order valence-electron chi connectivity index (χ4n) is 2.41. The topological polar surface area (TPSA) is 114 Å². The maximum Gasteiger partial charge on any atom is 0.269 e. The van der Waals surface area contributed by atoms with Gasteiger partial charge in [0.1, 0.15) is 12.1 Å². The first-order valence-corrected chi connectivity index (χ1v) is 8.72. The van der Waals surface area contributed by atoms with Crippen LogP contribution in [0.15, 0.2) is 30.3 Å². The summed E-state index contributed by atoms with van der Waals surface area (Å²) in [4.78, 5) is 24.4. The van der Waals surface area contributed by atoms with E-state index in [-0.39, 0.29) is 16.1 Å². The minimum Gasteiger partial charge on any atom is -0.391 e. The van der Waals surface area contributed by atoms with E-state index in [9.17, 15) is 23.5 Å². The molecule has 0 heterocycles. The summed E-state index contributed by atoms with van der Waals surface area (Å²) in [6, 6.07) is 6.24. The number of anilines is 1. The van der Waals surface area contributed by atoms with E-state index in [1.54, 1.807) is 6.92 Å². The van der Waals surface area contributed by atoms with Crippen LogP contribution in [0.25, 0.3) is 0 Å². The highest BCUT2D eigenvalue weighted by molar-refractivity contribution is 6.32. The number of hydrazine groups is 1. The molecule has 10 heteroatoms. The van der Waals surface area contributed by atoms with E-state index < -0.39 is 35.6 Å². The fraction of sp³-hybridized carbons (Fsp3) is 0.211. The van der Waals surface area contributed by atoms with Crippen molar-refractivity contribution in [3.63, 3.8) is 0 Å². The number of carbonyl (C=O) groups is 2. The summed E-state index contributed by atoms with van der Waals surface area (Å²) in [7, 11) is 0. The number of nitriles is 1. The van der Waals surface area contributed by atoms with Crippen LogP contribution >= 0.6 is 11.6 Å². The summed E-state index contributed by atoms with van der Waals surface area (Å²) in [6.07, 6.45) is -1.18. The van der Waals surface area contributed by atoms with Crippen LogP contribution in [0.2, 0.25) is 5.02 Å². The number of halogens is 3. The van der Waals surface area contributed by atoms with Crippen LogP contribution in [-0.4, -0.2) is 29.1 Å². The Bertz CT molecular complexity index is 992. The van der Waals surface area contributed by atoms with E-state index in [1.807, 2.05) is 6.07 Å². The molecule has 0 saturated heterocycles. The molecule has 2 amide bonds. The number of rotatable bonds is 5. The molecule has 0 fully saturated rings. The van der Waals surface area contributed by atoms with Crippen molar-refractivity contribution >= 4 is 29.1 Å². The summed E-state index contributed by atoms with van der Waals surface area (Å²) in [5.74, 6) is -3.99. The molecule has 0 aliphatic heterocycles. The summed E-state index contributed by atoms with van der Waals surface area (Å²) >= 11 is 6.10. The van der Waals surface area contributed by atoms with Gasteiger partial charge < -0.3 is 10.4 Å². The predicted molar refractivity (Wildman–Crippen MR) is 102 cm³/mol. The van der Waals surface area contributed by atoms with Gasteiger partial charge in [0, 0.05) is 11.3 Å². The zero-order valence-electron chi connectivity index (χ0n) is 15.4. The maximum absolute atomic E-state index is 13.2. The first kappa shape index (κ1) is 22.1. The SMILES string of the molecule is Cc1c(N[C@@H](C(=O)NNC(=O)c2ccc(F)c(F)c2)[C@@H](C)O)ccc(C#N)c1Cl. The molecule has 0 aromatic heterocycles. The van der Waals surface area contributed by atoms with E-state index in [1.165, 1.54) is 19.1 Å². The second-order valence-corrected chi connectivity index (χ2v) is 6.52. The number of hydrogen-bond donors (Lipinski definition) is 4. The lowest BCUT2D eigenvalue weighted by molar-refractivity contribution is -0.124. The molecule has 0 aliphatic rings. The lowest BCUT2D eigenvalue weighted by Gasteiger charge is -2.23. The Hall–Kier alpha value is -3.22. The van der Waals surface area contributed by atoms with Gasteiger partial charge in [0.15, 0.2) is 11.6 Å². The van der Waals surface area contributed by atoms with E-state index in [0.29, 0.717) is 17.3 Å². The Morgan fingerprint density at radius 2 is 1.86 bits per heavy atom. The van der Waals surface area contributed by atoms with Crippen molar-refractivity contribution in [1.29, 1.82) is 5.26 Å². The number of amides is 2. The molecule has 0 saturated carbocycles. The Kier molecular flexibility index (Phi) is 7.09. The highest BCUT2D eigenvalue weighted by Gasteiger charge is 2.25. The molecule has 2 aromatic carbocycles. The molecule has 4 N–H and O–H groups in total. The van der Waals surface area contributed by atoms with E-state index in [0.717, 1.165) is 12.1 Å². The van der Waals surface area contributed by atoms with Gasteiger partial charge in [-0.3, -0.25) is 20.4 Å². The second-order valence-electron chi connectivity index (χ2n) is 6.15. The van der Waals surface area contributed by atoms with Gasteiger partial charge in [0.05, 0.1) is 16.7 Å².